The molecule has 2 aliphatic heterocycles. The van der Waals surface area contributed by atoms with Gasteiger partial charge in [0.2, 0.25) is 0 Å². The van der Waals surface area contributed by atoms with Crippen LogP contribution in [0.4, 0.5) is 0 Å². The number of Topliss-reactive ketones (excluding diaryl/α,β-unsaturated/α-hetero) is 1. The Balaban J connectivity index is 1.88. The summed E-state index contributed by atoms with van der Waals surface area (Å²) in [6, 6.07) is 0. The van der Waals surface area contributed by atoms with Gasteiger partial charge in [-0.3, -0.25) is 9.59 Å². The molecular formula is C29H43NO6S. The lowest BCUT2D eigenvalue weighted by molar-refractivity contribution is -0.154. The molecule has 7 atom stereocenters. The van der Waals surface area contributed by atoms with Gasteiger partial charge in [0.1, 0.15) is 11.9 Å². The van der Waals surface area contributed by atoms with E-state index in [1.54, 1.807) is 31.3 Å². The second kappa shape index (κ2) is 11.9. The summed E-state index contributed by atoms with van der Waals surface area (Å²) in [5, 5.41) is 25.0. The summed E-state index contributed by atoms with van der Waals surface area (Å²) in [5.74, 6) is -1.67. The first-order valence-corrected chi connectivity index (χ1v) is 14.2. The molecule has 8 heteroatoms. The van der Waals surface area contributed by atoms with Gasteiger partial charge in [0.25, 0.3) is 0 Å². The Hall–Kier alpha value is -1.87. The van der Waals surface area contributed by atoms with Crippen LogP contribution in [0.25, 0.3) is 6.08 Å². The number of epoxide rings is 1. The Morgan fingerprint density at radius 3 is 2.62 bits per heavy atom. The number of carbonyl (C=O) groups is 2. The molecule has 2 N–H and O–H groups in total. The molecule has 0 radical (unpaired) electrons. The van der Waals surface area contributed by atoms with E-state index >= 15 is 0 Å². The van der Waals surface area contributed by atoms with Gasteiger partial charge in [0, 0.05) is 17.7 Å². The van der Waals surface area contributed by atoms with Crippen LogP contribution in [0.2, 0.25) is 0 Å². The van der Waals surface area contributed by atoms with Gasteiger partial charge in [0.15, 0.2) is 0 Å². The Kier molecular flexibility index (Phi) is 9.54. The quantitative estimate of drug-likeness (QED) is 0.317. The minimum atomic E-state index is -1.26. The molecule has 0 amide bonds. The summed E-state index contributed by atoms with van der Waals surface area (Å²) in [6.45, 7) is 14.9. The van der Waals surface area contributed by atoms with Gasteiger partial charge in [-0.1, -0.05) is 33.3 Å². The molecule has 2 fully saturated rings. The summed E-state index contributed by atoms with van der Waals surface area (Å²) in [4.78, 5) is 31.1. The number of aliphatic hydroxyl groups excluding tert-OH is 2. The van der Waals surface area contributed by atoms with Crippen molar-refractivity contribution < 1.29 is 29.3 Å². The van der Waals surface area contributed by atoms with Crippen LogP contribution in [0.1, 0.15) is 83.8 Å². The number of thiazole rings is 1. The molecule has 1 aromatic rings. The fourth-order valence-electron chi connectivity index (χ4n) is 5.29. The number of carbonyl (C=O) groups excluding carboxylic acids is 2. The first kappa shape index (κ1) is 29.7. The molecule has 0 aromatic carbocycles. The molecule has 37 heavy (non-hydrogen) atoms. The van der Waals surface area contributed by atoms with Crippen LogP contribution >= 0.6 is 11.3 Å². The number of cyclic esters (lactones) is 1. The molecule has 2 aliphatic rings. The van der Waals surface area contributed by atoms with Crippen molar-refractivity contribution >= 4 is 29.2 Å². The summed E-state index contributed by atoms with van der Waals surface area (Å²) in [6.07, 6.45) is 3.71. The van der Waals surface area contributed by atoms with Crippen LogP contribution < -0.4 is 0 Å². The zero-order valence-electron chi connectivity index (χ0n) is 23.0. The Morgan fingerprint density at radius 1 is 1.30 bits per heavy atom. The molecule has 3 heterocycles. The zero-order valence-corrected chi connectivity index (χ0v) is 23.8. The molecule has 0 spiro atoms. The molecule has 0 bridgehead atoms. The van der Waals surface area contributed by atoms with E-state index in [4.69, 9.17) is 9.47 Å². The number of fused-ring (bicyclic) bond motifs is 1. The van der Waals surface area contributed by atoms with Gasteiger partial charge in [-0.05, 0) is 57.6 Å². The first-order chi connectivity index (χ1) is 17.3. The molecule has 206 valence electrons. The van der Waals surface area contributed by atoms with E-state index in [0.29, 0.717) is 12.8 Å². The van der Waals surface area contributed by atoms with Crippen molar-refractivity contribution in [3.63, 3.8) is 0 Å². The van der Waals surface area contributed by atoms with Crippen LogP contribution in [0.5, 0.6) is 0 Å². The van der Waals surface area contributed by atoms with E-state index in [2.05, 4.69) is 18.5 Å². The lowest BCUT2D eigenvalue weighted by atomic mass is 9.71. The van der Waals surface area contributed by atoms with Crippen molar-refractivity contribution in [1.29, 1.82) is 0 Å². The van der Waals surface area contributed by atoms with Gasteiger partial charge >= 0.3 is 5.97 Å². The third kappa shape index (κ3) is 7.16. The van der Waals surface area contributed by atoms with E-state index in [1.165, 1.54) is 0 Å². The lowest BCUT2D eigenvalue weighted by Crippen LogP contribution is -2.46. The van der Waals surface area contributed by atoms with E-state index in [-0.39, 0.29) is 29.8 Å². The lowest BCUT2D eigenvalue weighted by Gasteiger charge is -2.35. The fourth-order valence-corrected chi connectivity index (χ4v) is 5.86. The summed E-state index contributed by atoms with van der Waals surface area (Å²) >= 11 is 1.56. The van der Waals surface area contributed by atoms with Crippen LogP contribution in [0, 0.1) is 24.2 Å². The predicted octanol–water partition coefficient (Wildman–Crippen LogP) is 5.03. The maximum Gasteiger partial charge on any atom is 0.309 e. The normalized spacial score (nSPS) is 35.9. The molecular weight excluding hydrogens is 490 g/mol. The van der Waals surface area contributed by atoms with Gasteiger partial charge in [-0.15, -0.1) is 17.9 Å². The predicted molar refractivity (Wildman–Crippen MR) is 145 cm³/mol. The number of aliphatic hydroxyl groups is 2. The number of hydrogen-bond donors (Lipinski definition) is 2. The van der Waals surface area contributed by atoms with Gasteiger partial charge in [-0.25, -0.2) is 4.98 Å². The Morgan fingerprint density at radius 2 is 2.00 bits per heavy atom. The molecule has 3 rings (SSSR count). The van der Waals surface area contributed by atoms with Crippen molar-refractivity contribution in [2.45, 2.75) is 110 Å². The smallest absolute Gasteiger partial charge is 0.309 e. The van der Waals surface area contributed by atoms with Crippen molar-refractivity contribution in [1.82, 2.24) is 4.98 Å². The third-order valence-corrected chi connectivity index (χ3v) is 8.96. The van der Waals surface area contributed by atoms with Crippen molar-refractivity contribution in [2.75, 3.05) is 0 Å². The van der Waals surface area contributed by atoms with Crippen LogP contribution in [-0.2, 0) is 19.1 Å². The van der Waals surface area contributed by atoms with Crippen LogP contribution in [0.3, 0.4) is 0 Å². The number of esters is 1. The van der Waals surface area contributed by atoms with E-state index in [1.807, 2.05) is 32.2 Å². The van der Waals surface area contributed by atoms with Crippen LogP contribution in [0.15, 0.2) is 23.6 Å². The largest absolute Gasteiger partial charge is 0.458 e. The maximum absolute atomic E-state index is 13.6. The standard InChI is InChI=1S/C29H43NO6S/c1-8-10-21-26(33)17(2)11-9-12-29(7)24(36-29)14-22(18(3)13-20-16-37-19(4)30-20)35-25(32)15-23(31)28(5,6)27(21)34/h8,13,16-17,21-24,26,31,33H,1,9-12,14-15H2,2-7H3. The number of ether oxygens (including phenoxy) is 2. The van der Waals surface area contributed by atoms with E-state index < -0.39 is 35.6 Å². The van der Waals surface area contributed by atoms with E-state index in [0.717, 1.165) is 35.5 Å². The number of nitrogens with zero attached hydrogens (tertiary/aromatic N) is 1. The summed E-state index contributed by atoms with van der Waals surface area (Å²) in [7, 11) is 0. The van der Waals surface area contributed by atoms with Crippen molar-refractivity contribution in [2.24, 2.45) is 17.3 Å². The topological polar surface area (TPSA) is 109 Å². The fraction of sp³-hybridized carbons (Fsp3) is 0.690. The Labute approximate surface area is 225 Å². The number of rotatable bonds is 4. The first-order valence-electron chi connectivity index (χ1n) is 13.3. The number of hydrogen-bond acceptors (Lipinski definition) is 8. The third-order valence-electron chi connectivity index (χ3n) is 8.17. The molecule has 7 nitrogen and oxygen atoms in total. The minimum Gasteiger partial charge on any atom is -0.458 e. The highest BCUT2D eigenvalue weighted by Crippen LogP contribution is 2.45. The highest BCUT2D eigenvalue weighted by molar-refractivity contribution is 7.09. The van der Waals surface area contributed by atoms with Crippen molar-refractivity contribution in [3.05, 3.63) is 34.3 Å². The molecule has 0 aliphatic carbocycles. The van der Waals surface area contributed by atoms with Gasteiger partial charge in [-0.2, -0.15) is 0 Å². The monoisotopic (exact) mass is 533 g/mol. The highest BCUT2D eigenvalue weighted by Gasteiger charge is 2.53. The Bertz CT molecular complexity index is 1020. The maximum atomic E-state index is 13.6. The molecule has 7 unspecified atom stereocenters. The van der Waals surface area contributed by atoms with Gasteiger partial charge in [0.05, 0.1) is 46.5 Å². The average Bonchev–Trinajstić information content (AvgIpc) is 3.27. The van der Waals surface area contributed by atoms with Crippen molar-refractivity contribution in [3.8, 4) is 0 Å². The second-order valence-corrected chi connectivity index (χ2v) is 12.7. The van der Waals surface area contributed by atoms with E-state index in [9.17, 15) is 19.8 Å². The number of aromatic nitrogens is 1. The van der Waals surface area contributed by atoms with Crippen LogP contribution in [-0.4, -0.2) is 57.0 Å². The number of ketones is 1. The summed E-state index contributed by atoms with van der Waals surface area (Å²) in [5.41, 5.74) is 0.101. The molecule has 2 saturated heterocycles. The number of allylic oxidation sites excluding steroid dienone is 1. The number of aryl methyl sites for hydroxylation is 1. The zero-order chi connectivity index (χ0) is 27.5. The molecule has 0 saturated carbocycles. The minimum absolute atomic E-state index is 0.0598. The SMILES string of the molecule is C=CCC1C(=O)C(C)(C)C(O)CC(=O)OC(C(C)=Cc2csc(C)n2)CC2OC2(C)CCCC(C)C1O. The summed E-state index contributed by atoms with van der Waals surface area (Å²) < 4.78 is 12.0. The highest BCUT2D eigenvalue weighted by atomic mass is 32.1. The molecule has 1 aromatic heterocycles. The second-order valence-electron chi connectivity index (χ2n) is 11.6. The average molecular weight is 534 g/mol. The van der Waals surface area contributed by atoms with Gasteiger partial charge < -0.3 is 19.7 Å².